The zero-order valence-corrected chi connectivity index (χ0v) is 17.5. The quantitative estimate of drug-likeness (QED) is 0.524. The standard InChI is InChI=1S/C24H17FN6O2/c1-14(30-12-16-4-2-3-5-19(16)23(30)33)22(32)28-24-27-21-9-7-17(13-31(21)29-24)20-10-18(25)8-6-15(20)11-26/h2-10,13-14H,12H2,1H3,(H,28,29,32)/t14-/m1/s1. The van der Waals surface area contributed by atoms with E-state index >= 15 is 0 Å². The molecule has 0 saturated heterocycles. The average Bonchev–Trinajstić information content (AvgIpc) is 3.38. The van der Waals surface area contributed by atoms with Gasteiger partial charge in [0.05, 0.1) is 11.6 Å². The predicted octanol–water partition coefficient (Wildman–Crippen LogP) is 3.39. The number of halogens is 1. The van der Waals surface area contributed by atoms with Crippen LogP contribution in [0.1, 0.15) is 28.4 Å². The van der Waals surface area contributed by atoms with Crippen molar-refractivity contribution >= 4 is 23.4 Å². The zero-order valence-electron chi connectivity index (χ0n) is 17.5. The van der Waals surface area contributed by atoms with Gasteiger partial charge in [-0.15, -0.1) is 5.10 Å². The summed E-state index contributed by atoms with van der Waals surface area (Å²) in [5.74, 6) is -0.982. The molecule has 2 aromatic carbocycles. The number of pyridine rings is 1. The van der Waals surface area contributed by atoms with E-state index in [2.05, 4.69) is 15.4 Å². The van der Waals surface area contributed by atoms with Crippen LogP contribution in [0.25, 0.3) is 16.8 Å². The number of hydrogen-bond acceptors (Lipinski definition) is 5. The Morgan fingerprint density at radius 3 is 2.79 bits per heavy atom. The third-order valence-corrected chi connectivity index (χ3v) is 5.68. The van der Waals surface area contributed by atoms with Crippen molar-refractivity contribution in [2.24, 2.45) is 0 Å². The normalized spacial score (nSPS) is 13.6. The van der Waals surface area contributed by atoms with Gasteiger partial charge in [0.15, 0.2) is 5.65 Å². The summed E-state index contributed by atoms with van der Waals surface area (Å²) in [7, 11) is 0. The lowest BCUT2D eigenvalue weighted by Crippen LogP contribution is -2.42. The molecule has 0 bridgehead atoms. The van der Waals surface area contributed by atoms with Crippen molar-refractivity contribution in [2.75, 3.05) is 5.32 Å². The Balaban J connectivity index is 1.37. The van der Waals surface area contributed by atoms with Crippen molar-refractivity contribution in [1.29, 1.82) is 5.26 Å². The molecule has 162 valence electrons. The third kappa shape index (κ3) is 3.57. The predicted molar refractivity (Wildman–Crippen MR) is 118 cm³/mol. The van der Waals surface area contributed by atoms with Crippen molar-refractivity contribution in [3.05, 3.63) is 83.3 Å². The van der Waals surface area contributed by atoms with Crippen LogP contribution < -0.4 is 5.32 Å². The Morgan fingerprint density at radius 1 is 1.18 bits per heavy atom. The van der Waals surface area contributed by atoms with Crippen molar-refractivity contribution in [3.8, 4) is 17.2 Å². The van der Waals surface area contributed by atoms with E-state index in [4.69, 9.17) is 0 Å². The van der Waals surface area contributed by atoms with Crippen molar-refractivity contribution in [3.63, 3.8) is 0 Å². The number of benzene rings is 2. The molecule has 3 heterocycles. The maximum Gasteiger partial charge on any atom is 0.255 e. The first-order valence-electron chi connectivity index (χ1n) is 10.2. The molecule has 8 nitrogen and oxygen atoms in total. The minimum Gasteiger partial charge on any atom is -0.323 e. The molecule has 9 heteroatoms. The number of anilines is 1. The van der Waals surface area contributed by atoms with Gasteiger partial charge >= 0.3 is 0 Å². The first-order valence-corrected chi connectivity index (χ1v) is 10.2. The molecule has 0 radical (unpaired) electrons. The molecule has 0 saturated carbocycles. The van der Waals surface area contributed by atoms with Gasteiger partial charge in [0.1, 0.15) is 11.9 Å². The van der Waals surface area contributed by atoms with E-state index in [1.165, 1.54) is 27.6 Å². The molecule has 0 aliphatic carbocycles. The van der Waals surface area contributed by atoms with Gasteiger partial charge in [-0.2, -0.15) is 10.2 Å². The fraction of sp³-hybridized carbons (Fsp3) is 0.125. The lowest BCUT2D eigenvalue weighted by molar-refractivity contribution is -0.120. The van der Waals surface area contributed by atoms with Crippen LogP contribution in [-0.4, -0.2) is 37.4 Å². The van der Waals surface area contributed by atoms with Gasteiger partial charge in [0, 0.05) is 29.4 Å². The smallest absolute Gasteiger partial charge is 0.255 e. The first-order chi connectivity index (χ1) is 15.9. The number of fused-ring (bicyclic) bond motifs is 2. The van der Waals surface area contributed by atoms with E-state index in [1.807, 2.05) is 18.2 Å². The summed E-state index contributed by atoms with van der Waals surface area (Å²) in [5.41, 5.74) is 3.28. The molecular weight excluding hydrogens is 423 g/mol. The SMILES string of the molecule is C[C@H](C(=O)Nc1nc2ccc(-c3cc(F)ccc3C#N)cn2n1)N1Cc2ccccc2C1=O. The van der Waals surface area contributed by atoms with Gasteiger partial charge in [-0.05, 0) is 48.9 Å². The van der Waals surface area contributed by atoms with E-state index in [0.29, 0.717) is 34.4 Å². The van der Waals surface area contributed by atoms with Crippen molar-refractivity contribution in [2.45, 2.75) is 19.5 Å². The topological polar surface area (TPSA) is 103 Å². The zero-order chi connectivity index (χ0) is 23.1. The number of nitriles is 1. The van der Waals surface area contributed by atoms with Crippen molar-refractivity contribution < 1.29 is 14.0 Å². The van der Waals surface area contributed by atoms with E-state index in [1.54, 1.807) is 37.4 Å². The molecule has 1 N–H and O–H groups in total. The van der Waals surface area contributed by atoms with E-state index in [-0.39, 0.29) is 11.9 Å². The molecule has 5 rings (SSSR count). The van der Waals surface area contributed by atoms with Crippen LogP contribution in [-0.2, 0) is 11.3 Å². The summed E-state index contributed by atoms with van der Waals surface area (Å²) >= 11 is 0. The summed E-state index contributed by atoms with van der Waals surface area (Å²) in [4.78, 5) is 31.2. The molecule has 0 fully saturated rings. The molecule has 1 aliphatic rings. The molecule has 2 aromatic heterocycles. The number of hydrogen-bond donors (Lipinski definition) is 1. The molecule has 4 aromatic rings. The molecule has 1 atom stereocenters. The lowest BCUT2D eigenvalue weighted by atomic mass is 10.0. The Labute approximate surface area is 187 Å². The van der Waals surface area contributed by atoms with E-state index < -0.39 is 17.8 Å². The average molecular weight is 440 g/mol. The van der Waals surface area contributed by atoms with Gasteiger partial charge < -0.3 is 4.90 Å². The Bertz CT molecular complexity index is 1470. The summed E-state index contributed by atoms with van der Waals surface area (Å²) in [6.07, 6.45) is 1.61. The highest BCUT2D eigenvalue weighted by Gasteiger charge is 2.33. The minimum atomic E-state index is -0.724. The second kappa shape index (κ2) is 7.84. The number of rotatable bonds is 4. The molecule has 33 heavy (non-hydrogen) atoms. The number of carbonyl (C=O) groups is 2. The van der Waals surface area contributed by atoms with Gasteiger partial charge in [-0.25, -0.2) is 8.91 Å². The van der Waals surface area contributed by atoms with Crippen LogP contribution in [0, 0.1) is 17.1 Å². The highest BCUT2D eigenvalue weighted by Crippen LogP contribution is 2.26. The summed E-state index contributed by atoms with van der Waals surface area (Å²) in [6.45, 7) is 2.01. The van der Waals surface area contributed by atoms with Crippen LogP contribution in [0.2, 0.25) is 0 Å². The van der Waals surface area contributed by atoms with Crippen LogP contribution in [0.4, 0.5) is 10.3 Å². The van der Waals surface area contributed by atoms with E-state index in [9.17, 15) is 19.2 Å². The molecule has 0 spiro atoms. The fourth-order valence-corrected chi connectivity index (χ4v) is 3.89. The van der Waals surface area contributed by atoms with Crippen LogP contribution in [0.3, 0.4) is 0 Å². The van der Waals surface area contributed by atoms with E-state index in [0.717, 1.165) is 5.56 Å². The van der Waals surface area contributed by atoms with Crippen LogP contribution in [0.5, 0.6) is 0 Å². The Kier molecular flexibility index (Phi) is 4.83. The maximum atomic E-state index is 13.7. The number of nitrogens with one attached hydrogen (secondary N) is 1. The maximum absolute atomic E-state index is 13.7. The van der Waals surface area contributed by atoms with Gasteiger partial charge in [-0.1, -0.05) is 18.2 Å². The number of aromatic nitrogens is 3. The lowest BCUT2D eigenvalue weighted by Gasteiger charge is -2.22. The number of carbonyl (C=O) groups excluding carboxylic acids is 2. The summed E-state index contributed by atoms with van der Waals surface area (Å²) in [6, 6.07) is 15.9. The van der Waals surface area contributed by atoms with Gasteiger partial charge in [0.25, 0.3) is 5.91 Å². The summed E-state index contributed by atoms with van der Waals surface area (Å²) < 4.78 is 15.2. The Morgan fingerprint density at radius 2 is 2.00 bits per heavy atom. The second-order valence-corrected chi connectivity index (χ2v) is 7.71. The highest BCUT2D eigenvalue weighted by molar-refractivity contribution is 6.03. The highest BCUT2D eigenvalue weighted by atomic mass is 19.1. The largest absolute Gasteiger partial charge is 0.323 e. The number of amides is 2. The second-order valence-electron chi connectivity index (χ2n) is 7.71. The molecule has 2 amide bonds. The fourth-order valence-electron chi connectivity index (χ4n) is 3.89. The third-order valence-electron chi connectivity index (χ3n) is 5.68. The molecular formula is C24H17FN6O2. The first kappa shape index (κ1) is 20.3. The van der Waals surface area contributed by atoms with Gasteiger partial charge in [-0.3, -0.25) is 14.9 Å². The van der Waals surface area contributed by atoms with Crippen LogP contribution in [0.15, 0.2) is 60.8 Å². The number of nitrogens with zero attached hydrogens (tertiary/aromatic N) is 5. The summed E-state index contributed by atoms with van der Waals surface area (Å²) in [5, 5.41) is 16.3. The molecule has 0 unspecified atom stereocenters. The van der Waals surface area contributed by atoms with Crippen molar-refractivity contribution in [1.82, 2.24) is 19.5 Å². The monoisotopic (exact) mass is 440 g/mol. The Hall–Kier alpha value is -4.58. The minimum absolute atomic E-state index is 0.0768. The van der Waals surface area contributed by atoms with Gasteiger partial charge in [0.2, 0.25) is 11.9 Å². The van der Waals surface area contributed by atoms with Crippen LogP contribution >= 0.6 is 0 Å². The molecule has 1 aliphatic heterocycles.